The largest absolute Gasteiger partial charge is 0.458 e. The van der Waals surface area contributed by atoms with Crippen LogP contribution < -0.4 is 5.32 Å². The molecule has 0 bridgehead atoms. The third-order valence-corrected chi connectivity index (χ3v) is 1.90. The Hall–Kier alpha value is -0.990. The molecule has 0 saturated carbocycles. The quantitative estimate of drug-likeness (QED) is 0.779. The fourth-order valence-electron chi connectivity index (χ4n) is 1.24. The minimum Gasteiger partial charge on any atom is -0.458 e. The Bertz CT molecular complexity index is 269. The average Bonchev–Trinajstić information content (AvgIpc) is 2.12. The van der Waals surface area contributed by atoms with E-state index in [2.05, 4.69) is 11.9 Å². The van der Waals surface area contributed by atoms with Gasteiger partial charge in [-0.05, 0) is 33.1 Å². The van der Waals surface area contributed by atoms with Crippen LogP contribution >= 0.6 is 0 Å². The van der Waals surface area contributed by atoms with Crippen molar-refractivity contribution in [1.82, 2.24) is 5.32 Å². The van der Waals surface area contributed by atoms with Crippen molar-refractivity contribution < 1.29 is 9.53 Å². The number of ether oxygens (including phenoxy) is 1. The molecule has 0 aromatic carbocycles. The molecule has 18 heavy (non-hydrogen) atoms. The lowest BCUT2D eigenvalue weighted by Crippen LogP contribution is -2.48. The molecular weight excluding hydrogens is 226 g/mol. The van der Waals surface area contributed by atoms with Crippen molar-refractivity contribution in [3.8, 4) is 0 Å². The van der Waals surface area contributed by atoms with Gasteiger partial charge in [0.1, 0.15) is 11.6 Å². The van der Waals surface area contributed by atoms with Crippen molar-refractivity contribution in [1.29, 1.82) is 0 Å². The van der Waals surface area contributed by atoms with E-state index in [-0.39, 0.29) is 17.4 Å². The van der Waals surface area contributed by atoms with Crippen LogP contribution in [0.1, 0.15) is 62.3 Å². The predicted octanol–water partition coefficient (Wildman–Crippen LogP) is 3.89. The first kappa shape index (κ1) is 19.4. The summed E-state index contributed by atoms with van der Waals surface area (Å²) in [5.74, 6) is -0.233. The molecule has 3 nitrogen and oxygen atoms in total. The van der Waals surface area contributed by atoms with Crippen LogP contribution in [0.15, 0.2) is 12.3 Å². The highest BCUT2D eigenvalue weighted by Gasteiger charge is 2.34. The second-order valence-corrected chi connectivity index (χ2v) is 6.26. The summed E-state index contributed by atoms with van der Waals surface area (Å²) in [5.41, 5.74) is 0.101. The maximum Gasteiger partial charge on any atom is 0.329 e. The normalized spacial score (nSPS) is 12.9. The summed E-state index contributed by atoms with van der Waals surface area (Å²) in [6.07, 6.45) is 0. The van der Waals surface area contributed by atoms with Crippen LogP contribution in [0.4, 0.5) is 0 Å². The van der Waals surface area contributed by atoms with E-state index in [9.17, 15) is 4.79 Å². The van der Waals surface area contributed by atoms with Crippen LogP contribution in [0.2, 0.25) is 0 Å². The zero-order valence-corrected chi connectivity index (χ0v) is 13.6. The lowest BCUT2D eigenvalue weighted by Gasteiger charge is -2.33. The average molecular weight is 257 g/mol. The van der Waals surface area contributed by atoms with Crippen molar-refractivity contribution in [2.24, 2.45) is 5.41 Å². The molecule has 0 aliphatic rings. The van der Waals surface area contributed by atoms with Gasteiger partial charge in [-0.2, -0.15) is 0 Å². The number of esters is 1. The van der Waals surface area contributed by atoms with Crippen molar-refractivity contribution in [2.45, 2.75) is 74.0 Å². The topological polar surface area (TPSA) is 38.3 Å². The molecule has 0 aromatic heterocycles. The Morgan fingerprint density at radius 3 is 1.72 bits per heavy atom. The Kier molecular flexibility index (Phi) is 8.01. The van der Waals surface area contributed by atoms with Crippen LogP contribution in [0.25, 0.3) is 0 Å². The summed E-state index contributed by atoms with van der Waals surface area (Å²) in [4.78, 5) is 12.0. The minimum absolute atomic E-state index is 0.207. The highest BCUT2D eigenvalue weighted by Crippen LogP contribution is 2.23. The molecule has 1 unspecified atom stereocenters. The number of carbonyl (C=O) groups is 1. The van der Waals surface area contributed by atoms with Gasteiger partial charge in [0.2, 0.25) is 0 Å². The first-order valence-electron chi connectivity index (χ1n) is 6.58. The Morgan fingerprint density at radius 2 is 1.50 bits per heavy atom. The zero-order chi connectivity index (χ0) is 15.1. The van der Waals surface area contributed by atoms with E-state index in [0.29, 0.717) is 0 Å². The van der Waals surface area contributed by atoms with E-state index >= 15 is 0 Å². The number of hydrogen-bond acceptors (Lipinski definition) is 3. The summed E-state index contributed by atoms with van der Waals surface area (Å²) in [5, 5.41) is 3.07. The Morgan fingerprint density at radius 1 is 1.11 bits per heavy atom. The first-order chi connectivity index (χ1) is 7.93. The number of hydrogen-bond donors (Lipinski definition) is 1. The molecule has 1 N–H and O–H groups in total. The molecule has 1 atom stereocenters. The van der Waals surface area contributed by atoms with Crippen LogP contribution in [0.5, 0.6) is 0 Å². The molecular formula is C15H31NO2. The van der Waals surface area contributed by atoms with E-state index in [0.717, 1.165) is 5.70 Å². The van der Waals surface area contributed by atoms with Gasteiger partial charge >= 0.3 is 5.97 Å². The van der Waals surface area contributed by atoms with E-state index in [1.165, 1.54) is 0 Å². The van der Waals surface area contributed by atoms with Crippen molar-refractivity contribution >= 4 is 5.97 Å². The molecule has 0 heterocycles. The lowest BCUT2D eigenvalue weighted by molar-refractivity contribution is -0.160. The van der Waals surface area contributed by atoms with Crippen LogP contribution in [-0.2, 0) is 9.53 Å². The highest BCUT2D eigenvalue weighted by atomic mass is 16.6. The van der Waals surface area contributed by atoms with Crippen molar-refractivity contribution in [2.75, 3.05) is 0 Å². The molecule has 0 spiro atoms. The maximum absolute atomic E-state index is 12.0. The number of nitrogens with one attached hydrogen (secondary N) is 1. The second-order valence-electron chi connectivity index (χ2n) is 6.26. The first-order valence-corrected chi connectivity index (χ1v) is 6.58. The third-order valence-electron chi connectivity index (χ3n) is 1.90. The Labute approximate surface area is 113 Å². The third kappa shape index (κ3) is 9.08. The second kappa shape index (κ2) is 7.45. The van der Waals surface area contributed by atoms with Gasteiger partial charge in [0, 0.05) is 5.70 Å². The van der Waals surface area contributed by atoms with Crippen molar-refractivity contribution in [3.05, 3.63) is 12.3 Å². The van der Waals surface area contributed by atoms with E-state index in [1.807, 2.05) is 62.3 Å². The van der Waals surface area contributed by atoms with Gasteiger partial charge in [-0.25, -0.2) is 4.79 Å². The minimum atomic E-state index is -0.461. The summed E-state index contributed by atoms with van der Waals surface area (Å²) < 4.78 is 5.38. The zero-order valence-electron chi connectivity index (χ0n) is 13.6. The summed E-state index contributed by atoms with van der Waals surface area (Å²) in [7, 11) is 0. The van der Waals surface area contributed by atoms with Crippen LogP contribution in [0, 0.1) is 5.41 Å². The molecule has 0 aliphatic heterocycles. The van der Waals surface area contributed by atoms with Crippen molar-refractivity contribution in [3.63, 3.8) is 0 Å². The molecule has 0 saturated heterocycles. The highest BCUT2D eigenvalue weighted by molar-refractivity contribution is 5.77. The smallest absolute Gasteiger partial charge is 0.329 e. The standard InChI is InChI=1S/C13H25NO2.C2H6/c1-9(2)14-10(12(3,4)5)11(15)16-13(6,7)8;1-2/h10,14H,1H2,2-8H3;1-2H3. The Balaban J connectivity index is 0. The predicted molar refractivity (Wildman–Crippen MR) is 78.4 cm³/mol. The lowest BCUT2D eigenvalue weighted by atomic mass is 9.86. The van der Waals surface area contributed by atoms with Crippen LogP contribution in [0.3, 0.4) is 0 Å². The van der Waals surface area contributed by atoms with E-state index in [4.69, 9.17) is 4.74 Å². The molecule has 0 aromatic rings. The van der Waals surface area contributed by atoms with Crippen LogP contribution in [-0.4, -0.2) is 17.6 Å². The summed E-state index contributed by atoms with van der Waals surface area (Å²) in [6, 6.07) is -0.371. The maximum atomic E-state index is 12.0. The molecule has 0 radical (unpaired) electrons. The SMILES string of the molecule is C=C(C)NC(C(=O)OC(C)(C)C)C(C)(C)C.CC. The molecule has 108 valence electrons. The molecule has 0 rings (SSSR count). The number of rotatable bonds is 3. The molecule has 0 aliphatic carbocycles. The molecule has 0 fully saturated rings. The summed E-state index contributed by atoms with van der Waals surface area (Å²) >= 11 is 0. The van der Waals surface area contributed by atoms with Gasteiger partial charge in [-0.1, -0.05) is 41.2 Å². The molecule has 3 heteroatoms. The van der Waals surface area contributed by atoms with Gasteiger partial charge in [0.15, 0.2) is 0 Å². The van der Waals surface area contributed by atoms with Gasteiger partial charge in [0.25, 0.3) is 0 Å². The van der Waals surface area contributed by atoms with Gasteiger partial charge < -0.3 is 10.1 Å². The van der Waals surface area contributed by atoms with Gasteiger partial charge in [-0.3, -0.25) is 0 Å². The van der Waals surface area contributed by atoms with Gasteiger partial charge in [-0.15, -0.1) is 0 Å². The fraction of sp³-hybridized carbons (Fsp3) is 0.800. The number of allylic oxidation sites excluding steroid dienone is 1. The van der Waals surface area contributed by atoms with E-state index < -0.39 is 5.60 Å². The van der Waals surface area contributed by atoms with E-state index in [1.54, 1.807) is 0 Å². The monoisotopic (exact) mass is 257 g/mol. The van der Waals surface area contributed by atoms with Gasteiger partial charge in [0.05, 0.1) is 0 Å². The molecule has 0 amide bonds. The summed E-state index contributed by atoms with van der Waals surface area (Å²) in [6.45, 7) is 21.2. The fourth-order valence-corrected chi connectivity index (χ4v) is 1.24. The number of carbonyl (C=O) groups excluding carboxylic acids is 1.